The molecule has 3 aliphatic rings. The third kappa shape index (κ3) is 3.98. The van der Waals surface area contributed by atoms with Crippen molar-refractivity contribution in [1.29, 1.82) is 0 Å². The molecular formula is C29H26Cl2N4O2. The number of methoxy groups -OCH3 is 1. The van der Waals surface area contributed by atoms with Gasteiger partial charge in [0.15, 0.2) is 0 Å². The number of nitrogens with zero attached hydrogens (tertiary/aromatic N) is 4. The van der Waals surface area contributed by atoms with E-state index in [0.29, 0.717) is 50.9 Å². The molecule has 2 saturated carbocycles. The fraction of sp³-hybridized carbons (Fsp3) is 0.345. The molecule has 1 aliphatic heterocycles. The van der Waals surface area contributed by atoms with Crippen LogP contribution in [0.5, 0.6) is 5.88 Å². The molecule has 37 heavy (non-hydrogen) atoms. The fourth-order valence-corrected chi connectivity index (χ4v) is 6.43. The molecule has 7 rings (SSSR count). The maximum atomic E-state index is 6.46. The third-order valence-electron chi connectivity index (χ3n) is 8.01. The van der Waals surface area contributed by atoms with E-state index in [2.05, 4.69) is 56.4 Å². The van der Waals surface area contributed by atoms with E-state index in [-0.39, 0.29) is 0 Å². The van der Waals surface area contributed by atoms with Gasteiger partial charge in [-0.2, -0.15) is 0 Å². The molecule has 2 aliphatic carbocycles. The van der Waals surface area contributed by atoms with Crippen LogP contribution in [0.15, 0.2) is 47.3 Å². The molecule has 0 amide bonds. The Morgan fingerprint density at radius 1 is 1.08 bits per heavy atom. The van der Waals surface area contributed by atoms with E-state index in [9.17, 15) is 0 Å². The Hall–Kier alpha value is -3.09. The normalized spacial score (nSPS) is 22.7. The molecule has 3 aromatic heterocycles. The average molecular weight is 533 g/mol. The average Bonchev–Trinajstić information content (AvgIpc) is 3.75. The number of piperidine rings is 1. The maximum absolute atomic E-state index is 6.46. The molecule has 0 bridgehead atoms. The molecule has 2 unspecified atom stereocenters. The zero-order valence-electron chi connectivity index (χ0n) is 20.6. The molecular weight excluding hydrogens is 507 g/mol. The van der Waals surface area contributed by atoms with Crippen molar-refractivity contribution in [1.82, 2.24) is 15.1 Å². The zero-order chi connectivity index (χ0) is 25.3. The van der Waals surface area contributed by atoms with E-state index in [1.165, 1.54) is 5.69 Å². The summed E-state index contributed by atoms with van der Waals surface area (Å²) >= 11 is 12.9. The number of hydrogen-bond acceptors (Lipinski definition) is 6. The van der Waals surface area contributed by atoms with Crippen molar-refractivity contribution in [3.05, 3.63) is 69.8 Å². The van der Waals surface area contributed by atoms with Crippen LogP contribution in [0, 0.1) is 24.7 Å². The zero-order valence-corrected chi connectivity index (χ0v) is 22.1. The van der Waals surface area contributed by atoms with E-state index in [4.69, 9.17) is 32.5 Å². The van der Waals surface area contributed by atoms with Gasteiger partial charge in [0.25, 0.3) is 0 Å². The largest absolute Gasteiger partial charge is 0.481 e. The topological polar surface area (TPSA) is 64.3 Å². The summed E-state index contributed by atoms with van der Waals surface area (Å²) in [4.78, 5) is 11.1. The molecule has 0 radical (unpaired) electrons. The van der Waals surface area contributed by atoms with Gasteiger partial charge in [0, 0.05) is 59.3 Å². The van der Waals surface area contributed by atoms with Crippen LogP contribution in [-0.2, 0) is 0 Å². The summed E-state index contributed by atoms with van der Waals surface area (Å²) < 4.78 is 11.4. The van der Waals surface area contributed by atoms with Gasteiger partial charge in [0.05, 0.1) is 17.2 Å². The van der Waals surface area contributed by atoms with Crippen LogP contribution in [0.25, 0.3) is 28.1 Å². The number of pyridine rings is 2. The van der Waals surface area contributed by atoms with Gasteiger partial charge in [0.1, 0.15) is 11.5 Å². The number of halogens is 2. The Balaban J connectivity index is 1.11. The number of rotatable bonds is 6. The Labute approximate surface area is 225 Å². The van der Waals surface area contributed by atoms with Crippen molar-refractivity contribution in [2.75, 3.05) is 25.1 Å². The molecule has 3 fully saturated rings. The van der Waals surface area contributed by atoms with Crippen molar-refractivity contribution in [3.8, 4) is 17.1 Å². The lowest BCUT2D eigenvalue weighted by atomic mass is 10.0. The van der Waals surface area contributed by atoms with Crippen molar-refractivity contribution < 1.29 is 9.26 Å². The van der Waals surface area contributed by atoms with Crippen molar-refractivity contribution >= 4 is 45.7 Å². The monoisotopic (exact) mass is 532 g/mol. The lowest BCUT2D eigenvalue weighted by molar-refractivity contribution is 0.386. The minimum Gasteiger partial charge on any atom is -0.481 e. The van der Waals surface area contributed by atoms with E-state index in [1.54, 1.807) is 19.5 Å². The molecule has 6 nitrogen and oxygen atoms in total. The van der Waals surface area contributed by atoms with Gasteiger partial charge >= 0.3 is 0 Å². The Morgan fingerprint density at radius 2 is 1.84 bits per heavy atom. The lowest BCUT2D eigenvalue weighted by Crippen LogP contribution is -2.23. The van der Waals surface area contributed by atoms with Crippen LogP contribution < -0.4 is 9.64 Å². The lowest BCUT2D eigenvalue weighted by Gasteiger charge is -2.22. The second kappa shape index (κ2) is 8.74. The van der Waals surface area contributed by atoms with Gasteiger partial charge in [-0.1, -0.05) is 46.6 Å². The van der Waals surface area contributed by atoms with Gasteiger partial charge in [-0.15, -0.1) is 0 Å². The molecule has 1 saturated heterocycles. The first kappa shape index (κ1) is 23.1. The van der Waals surface area contributed by atoms with Gasteiger partial charge in [-0.05, 0) is 61.1 Å². The summed E-state index contributed by atoms with van der Waals surface area (Å²) in [5.41, 5.74) is 4.59. The minimum absolute atomic E-state index is 0.428. The van der Waals surface area contributed by atoms with Crippen LogP contribution in [0.3, 0.4) is 0 Å². The van der Waals surface area contributed by atoms with Gasteiger partial charge in [-0.3, -0.25) is 4.98 Å². The Morgan fingerprint density at radius 3 is 2.54 bits per heavy atom. The quantitative estimate of drug-likeness (QED) is 0.262. The second-order valence-corrected chi connectivity index (χ2v) is 11.2. The molecule has 0 spiro atoms. The number of hydrogen-bond donors (Lipinski definition) is 0. The minimum atomic E-state index is 0.428. The first-order chi connectivity index (χ1) is 18.0. The van der Waals surface area contributed by atoms with Crippen LogP contribution in [-0.4, -0.2) is 35.3 Å². The van der Waals surface area contributed by atoms with Crippen molar-refractivity contribution in [2.45, 2.75) is 25.7 Å². The number of allylic oxidation sites excluding steroid dienone is 1. The number of ether oxygens (including phenoxy) is 1. The predicted octanol–water partition coefficient (Wildman–Crippen LogP) is 7.18. The highest BCUT2D eigenvalue weighted by Gasteiger charge is 2.54. The molecule has 4 heterocycles. The first-order valence-electron chi connectivity index (χ1n) is 12.7. The fourth-order valence-electron chi connectivity index (χ4n) is 5.89. The summed E-state index contributed by atoms with van der Waals surface area (Å²) in [5.74, 6) is 3.90. The third-order valence-corrected chi connectivity index (χ3v) is 8.58. The number of aryl methyl sites for hydroxylation is 1. The first-order valence-corrected chi connectivity index (χ1v) is 13.4. The van der Waals surface area contributed by atoms with Crippen molar-refractivity contribution in [3.63, 3.8) is 0 Å². The molecule has 1 aromatic carbocycles. The summed E-state index contributed by atoms with van der Waals surface area (Å²) in [6.45, 7) is 4.08. The summed E-state index contributed by atoms with van der Waals surface area (Å²) in [5, 5.41) is 7.57. The van der Waals surface area contributed by atoms with E-state index >= 15 is 0 Å². The van der Waals surface area contributed by atoms with E-state index < -0.39 is 0 Å². The highest BCUT2D eigenvalue weighted by atomic mass is 35.5. The molecule has 0 N–H and O–H groups in total. The van der Waals surface area contributed by atoms with Crippen LogP contribution in [0.1, 0.15) is 35.8 Å². The predicted molar refractivity (Wildman–Crippen MR) is 146 cm³/mol. The van der Waals surface area contributed by atoms with Gasteiger partial charge < -0.3 is 14.2 Å². The van der Waals surface area contributed by atoms with Crippen LogP contribution >= 0.6 is 23.2 Å². The Kier molecular flexibility index (Phi) is 5.45. The molecule has 8 heteroatoms. The smallest absolute Gasteiger partial charge is 0.221 e. The standard InChI is InChI=1S/C29H26Cl2N4O2/c1-15-9-17-5-6-18(10-21(17)29(33-15)36-2)35-13-22-19(23(22)14-35)7-8-20-27(34-37-28(20)16-3-4-16)26-24(30)11-32-12-25(26)31/h5-12,16,19,22-23H,3-4,13-14H2,1-2H3/b8-7+. The number of aromatic nitrogens is 3. The molecule has 4 aromatic rings. The van der Waals surface area contributed by atoms with Crippen LogP contribution in [0.4, 0.5) is 5.69 Å². The van der Waals surface area contributed by atoms with Gasteiger partial charge in [-0.25, -0.2) is 4.98 Å². The number of benzene rings is 1. The summed E-state index contributed by atoms with van der Waals surface area (Å²) in [6, 6.07) is 8.70. The van der Waals surface area contributed by atoms with Crippen molar-refractivity contribution in [2.24, 2.45) is 17.8 Å². The SMILES string of the molecule is COc1nc(C)cc2ccc(N3CC4C(/C=C/c5c(-c6c(Cl)cncc6Cl)noc5C5CC5)C4C3)cc12. The van der Waals surface area contributed by atoms with Gasteiger partial charge in [0.2, 0.25) is 5.88 Å². The van der Waals surface area contributed by atoms with E-state index in [1.807, 2.05) is 6.92 Å². The summed E-state index contributed by atoms with van der Waals surface area (Å²) in [7, 11) is 1.68. The number of fused-ring (bicyclic) bond motifs is 2. The number of anilines is 1. The highest BCUT2D eigenvalue weighted by molar-refractivity contribution is 6.39. The Bertz CT molecular complexity index is 1530. The molecule has 188 valence electrons. The second-order valence-electron chi connectivity index (χ2n) is 10.4. The van der Waals surface area contributed by atoms with E-state index in [0.717, 1.165) is 53.7 Å². The maximum Gasteiger partial charge on any atom is 0.221 e. The molecule has 2 atom stereocenters. The summed E-state index contributed by atoms with van der Waals surface area (Å²) in [6.07, 6.45) is 9.98. The highest BCUT2D eigenvalue weighted by Crippen LogP contribution is 2.54. The van der Waals surface area contributed by atoms with Crippen LogP contribution in [0.2, 0.25) is 10.0 Å².